The van der Waals surface area contributed by atoms with Crippen LogP contribution in [0.4, 0.5) is 11.5 Å². The van der Waals surface area contributed by atoms with Crippen molar-refractivity contribution in [1.29, 1.82) is 0 Å². The summed E-state index contributed by atoms with van der Waals surface area (Å²) in [6.07, 6.45) is 2.30. The van der Waals surface area contributed by atoms with Gasteiger partial charge in [0.25, 0.3) is 0 Å². The highest BCUT2D eigenvalue weighted by Gasteiger charge is 2.40. The van der Waals surface area contributed by atoms with Gasteiger partial charge < -0.3 is 20.5 Å². The summed E-state index contributed by atoms with van der Waals surface area (Å²) in [7, 11) is 1.28. The van der Waals surface area contributed by atoms with Crippen LogP contribution in [0.2, 0.25) is 0 Å². The van der Waals surface area contributed by atoms with E-state index in [1.54, 1.807) is 18.3 Å². The maximum atomic E-state index is 11.5. The second-order valence-electron chi connectivity index (χ2n) is 4.43. The first-order valence-corrected chi connectivity index (χ1v) is 5.83. The third kappa shape index (κ3) is 2.24. The first kappa shape index (κ1) is 12.6. The van der Waals surface area contributed by atoms with Crippen LogP contribution in [0.25, 0.3) is 0 Å². The number of aliphatic hydroxyl groups is 1. The van der Waals surface area contributed by atoms with Crippen LogP contribution in [-0.4, -0.2) is 41.9 Å². The van der Waals surface area contributed by atoms with Crippen LogP contribution >= 0.6 is 0 Å². The fraction of sp³-hybridized carbons (Fsp3) is 0.500. The Hall–Kier alpha value is -1.82. The van der Waals surface area contributed by atoms with E-state index in [0.717, 1.165) is 0 Å². The van der Waals surface area contributed by atoms with Gasteiger partial charge in [-0.25, -0.2) is 9.78 Å². The molecule has 98 valence electrons. The van der Waals surface area contributed by atoms with Crippen LogP contribution in [0.1, 0.15) is 12.8 Å². The van der Waals surface area contributed by atoms with E-state index >= 15 is 0 Å². The molecule has 2 heterocycles. The third-order valence-electron chi connectivity index (χ3n) is 3.27. The maximum absolute atomic E-state index is 11.5. The minimum atomic E-state index is -1.38. The molecule has 2 rings (SSSR count). The van der Waals surface area contributed by atoms with Gasteiger partial charge >= 0.3 is 5.97 Å². The van der Waals surface area contributed by atoms with Gasteiger partial charge in [0.15, 0.2) is 11.4 Å². The van der Waals surface area contributed by atoms with Crippen molar-refractivity contribution < 1.29 is 14.6 Å². The second kappa shape index (κ2) is 4.81. The summed E-state index contributed by atoms with van der Waals surface area (Å²) in [5, 5.41) is 10.1. The van der Waals surface area contributed by atoms with E-state index in [1.165, 1.54) is 7.11 Å². The first-order chi connectivity index (χ1) is 8.57. The quantitative estimate of drug-likeness (QED) is 0.728. The molecule has 6 nitrogen and oxygen atoms in total. The van der Waals surface area contributed by atoms with Crippen molar-refractivity contribution in [2.75, 3.05) is 30.8 Å². The van der Waals surface area contributed by atoms with E-state index in [4.69, 9.17) is 5.73 Å². The highest BCUT2D eigenvalue weighted by Crippen LogP contribution is 2.28. The Morgan fingerprint density at radius 2 is 2.22 bits per heavy atom. The van der Waals surface area contributed by atoms with Crippen molar-refractivity contribution in [2.24, 2.45) is 0 Å². The molecule has 0 amide bonds. The molecule has 0 unspecified atom stereocenters. The molecule has 1 aromatic heterocycles. The van der Waals surface area contributed by atoms with Crippen molar-refractivity contribution >= 4 is 17.5 Å². The highest BCUT2D eigenvalue weighted by molar-refractivity contribution is 5.79. The van der Waals surface area contributed by atoms with Gasteiger partial charge in [0, 0.05) is 32.1 Å². The highest BCUT2D eigenvalue weighted by atomic mass is 16.5. The van der Waals surface area contributed by atoms with E-state index in [2.05, 4.69) is 9.72 Å². The van der Waals surface area contributed by atoms with Gasteiger partial charge in [-0.2, -0.15) is 0 Å². The monoisotopic (exact) mass is 251 g/mol. The number of carbonyl (C=O) groups is 1. The van der Waals surface area contributed by atoms with Gasteiger partial charge in [0.2, 0.25) is 0 Å². The molecule has 0 radical (unpaired) electrons. The number of nitrogen functional groups attached to an aromatic ring is 1. The van der Waals surface area contributed by atoms with E-state index in [1.807, 2.05) is 4.90 Å². The molecule has 0 aliphatic carbocycles. The summed E-state index contributed by atoms with van der Waals surface area (Å²) in [6, 6.07) is 3.55. The van der Waals surface area contributed by atoms with E-state index < -0.39 is 11.6 Å². The number of carbonyl (C=O) groups excluding carboxylic acids is 1. The molecule has 6 heteroatoms. The van der Waals surface area contributed by atoms with Crippen molar-refractivity contribution in [2.45, 2.75) is 18.4 Å². The number of methoxy groups -OCH3 is 1. The van der Waals surface area contributed by atoms with Crippen LogP contribution in [0.15, 0.2) is 18.3 Å². The topological polar surface area (TPSA) is 88.7 Å². The Kier molecular flexibility index (Phi) is 3.38. The zero-order valence-electron chi connectivity index (χ0n) is 10.3. The van der Waals surface area contributed by atoms with Crippen molar-refractivity contribution in [1.82, 2.24) is 4.98 Å². The Bertz CT molecular complexity index is 442. The number of nitrogens with zero attached hydrogens (tertiary/aromatic N) is 2. The number of pyridine rings is 1. The average molecular weight is 251 g/mol. The molecule has 0 bridgehead atoms. The summed E-state index contributed by atoms with van der Waals surface area (Å²) < 4.78 is 4.61. The second-order valence-corrected chi connectivity index (χ2v) is 4.43. The maximum Gasteiger partial charge on any atom is 0.337 e. The van der Waals surface area contributed by atoms with Crippen LogP contribution in [0.5, 0.6) is 0 Å². The molecule has 1 fully saturated rings. The van der Waals surface area contributed by atoms with Crippen LogP contribution in [0.3, 0.4) is 0 Å². The smallest absolute Gasteiger partial charge is 0.337 e. The summed E-state index contributed by atoms with van der Waals surface area (Å²) in [4.78, 5) is 17.7. The Morgan fingerprint density at radius 3 is 2.78 bits per heavy atom. The minimum Gasteiger partial charge on any atom is -0.467 e. The fourth-order valence-electron chi connectivity index (χ4n) is 2.16. The number of piperidine rings is 1. The number of hydrogen-bond acceptors (Lipinski definition) is 6. The molecule has 0 aromatic carbocycles. The Balaban J connectivity index is 2.07. The Labute approximate surface area is 105 Å². The van der Waals surface area contributed by atoms with Crippen LogP contribution in [-0.2, 0) is 9.53 Å². The normalized spacial score (nSPS) is 18.4. The number of anilines is 2. The molecular weight excluding hydrogens is 234 g/mol. The zero-order chi connectivity index (χ0) is 13.2. The van der Waals surface area contributed by atoms with Crippen LogP contribution < -0.4 is 10.6 Å². The standard InChI is InChI=1S/C12H17N3O3/c1-18-11(16)12(17)4-7-15(8-5-12)10-9(13)3-2-6-14-10/h2-3,6,17H,4-5,7-8,13H2,1H3. The summed E-state index contributed by atoms with van der Waals surface area (Å²) in [5.41, 5.74) is 5.06. The summed E-state index contributed by atoms with van der Waals surface area (Å²) >= 11 is 0. The van der Waals surface area contributed by atoms with Gasteiger partial charge in [0.05, 0.1) is 12.8 Å². The molecule has 18 heavy (non-hydrogen) atoms. The van der Waals surface area contributed by atoms with E-state index in [9.17, 15) is 9.90 Å². The molecular formula is C12H17N3O3. The minimum absolute atomic E-state index is 0.315. The fourth-order valence-corrected chi connectivity index (χ4v) is 2.16. The predicted molar refractivity (Wildman–Crippen MR) is 67.1 cm³/mol. The summed E-state index contributed by atoms with van der Waals surface area (Å²) in [6.45, 7) is 1.04. The van der Waals surface area contributed by atoms with Crippen molar-refractivity contribution in [3.63, 3.8) is 0 Å². The SMILES string of the molecule is COC(=O)C1(O)CCN(c2ncccc2N)CC1. The molecule has 1 aliphatic rings. The lowest BCUT2D eigenvalue weighted by Gasteiger charge is -2.37. The number of ether oxygens (including phenoxy) is 1. The van der Waals surface area contributed by atoms with E-state index in [0.29, 0.717) is 37.4 Å². The molecule has 0 saturated carbocycles. The average Bonchev–Trinajstić information content (AvgIpc) is 2.39. The molecule has 0 atom stereocenters. The van der Waals surface area contributed by atoms with Gasteiger partial charge in [-0.1, -0.05) is 0 Å². The van der Waals surface area contributed by atoms with Gasteiger partial charge in [0.1, 0.15) is 0 Å². The number of esters is 1. The van der Waals surface area contributed by atoms with Crippen molar-refractivity contribution in [3.05, 3.63) is 18.3 Å². The zero-order valence-corrected chi connectivity index (χ0v) is 10.3. The Morgan fingerprint density at radius 1 is 1.56 bits per heavy atom. The van der Waals surface area contributed by atoms with Gasteiger partial charge in [-0.15, -0.1) is 0 Å². The lowest BCUT2D eigenvalue weighted by atomic mass is 9.91. The first-order valence-electron chi connectivity index (χ1n) is 5.83. The lowest BCUT2D eigenvalue weighted by molar-refractivity contribution is -0.164. The molecule has 1 aliphatic heterocycles. The largest absolute Gasteiger partial charge is 0.467 e. The number of rotatable bonds is 2. The molecule has 1 aromatic rings. The summed E-state index contributed by atoms with van der Waals surface area (Å²) in [5.74, 6) is 0.126. The van der Waals surface area contributed by atoms with Crippen LogP contribution in [0, 0.1) is 0 Å². The molecule has 0 spiro atoms. The number of nitrogens with two attached hydrogens (primary N) is 1. The molecule has 1 saturated heterocycles. The number of aromatic nitrogens is 1. The predicted octanol–water partition coefficient (Wildman–Crippen LogP) is 0.168. The van der Waals surface area contributed by atoms with Crippen molar-refractivity contribution in [3.8, 4) is 0 Å². The third-order valence-corrected chi connectivity index (χ3v) is 3.27. The van der Waals surface area contributed by atoms with E-state index in [-0.39, 0.29) is 0 Å². The molecule has 3 N–H and O–H groups in total. The number of hydrogen-bond donors (Lipinski definition) is 2. The van der Waals surface area contributed by atoms with Gasteiger partial charge in [-0.05, 0) is 12.1 Å². The lowest BCUT2D eigenvalue weighted by Crippen LogP contribution is -2.50. The van der Waals surface area contributed by atoms with Gasteiger partial charge in [-0.3, -0.25) is 0 Å².